The number of hydrogen-bond acceptors (Lipinski definition) is 5. The summed E-state index contributed by atoms with van der Waals surface area (Å²) in [7, 11) is 0. The first-order chi connectivity index (χ1) is 37.0. The van der Waals surface area contributed by atoms with Crippen LogP contribution in [0.25, 0.3) is 0 Å². The van der Waals surface area contributed by atoms with Crippen LogP contribution >= 0.6 is 0 Å². The van der Waals surface area contributed by atoms with Crippen LogP contribution in [0, 0.1) is 0 Å². The number of carbonyl (C=O) groups excluding carboxylic acids is 2. The maximum Gasteiger partial charge on any atom is 0.305 e. The summed E-state index contributed by atoms with van der Waals surface area (Å²) < 4.78 is 5.46. The van der Waals surface area contributed by atoms with Gasteiger partial charge in [-0.05, 0) is 51.4 Å². The number of unbranched alkanes of at least 4 members (excludes halogenated alkanes) is 51. The third-order valence-electron chi connectivity index (χ3n) is 16.0. The zero-order valence-corrected chi connectivity index (χ0v) is 50.8. The minimum atomic E-state index is -0.846. The zero-order chi connectivity index (χ0) is 54.3. The average molecular weight is 1060 g/mol. The van der Waals surface area contributed by atoms with E-state index in [1.165, 1.54) is 308 Å². The second-order valence-corrected chi connectivity index (χ2v) is 23.5. The van der Waals surface area contributed by atoms with Crippen molar-refractivity contribution in [3.63, 3.8) is 0 Å². The molecule has 0 heterocycles. The van der Waals surface area contributed by atoms with Crippen LogP contribution in [-0.2, 0) is 14.3 Å². The highest BCUT2D eigenvalue weighted by molar-refractivity contribution is 5.76. The van der Waals surface area contributed by atoms with Crippen LogP contribution in [0.3, 0.4) is 0 Å². The second-order valence-electron chi connectivity index (χ2n) is 23.5. The first-order valence-electron chi connectivity index (χ1n) is 34.1. The lowest BCUT2D eigenvalue weighted by Gasteiger charge is -2.20. The fraction of sp³-hybridized carbons (Fsp3) is 0.913. The molecule has 0 aliphatic heterocycles. The Hall–Kier alpha value is -1.66. The van der Waals surface area contributed by atoms with Crippen LogP contribution in [0.1, 0.15) is 380 Å². The molecule has 2 unspecified atom stereocenters. The van der Waals surface area contributed by atoms with E-state index in [9.17, 15) is 19.8 Å². The third-order valence-corrected chi connectivity index (χ3v) is 16.0. The van der Waals surface area contributed by atoms with Gasteiger partial charge in [-0.15, -0.1) is 0 Å². The van der Waals surface area contributed by atoms with Crippen molar-refractivity contribution in [2.75, 3.05) is 13.2 Å². The number of rotatable bonds is 64. The average Bonchev–Trinajstić information content (AvgIpc) is 3.41. The molecule has 444 valence electrons. The molecule has 0 aromatic carbocycles. The lowest BCUT2D eigenvalue weighted by Crippen LogP contribution is -2.45. The van der Waals surface area contributed by atoms with E-state index in [0.717, 1.165) is 44.9 Å². The number of carbonyl (C=O) groups is 2. The Bertz CT molecular complexity index is 1170. The standard InChI is InChI=1S/C69H133NO5/c1-3-5-7-9-11-13-15-16-17-18-19-20-21-22-23-26-29-32-35-38-42-45-49-53-57-61-67(72)66(65-71)70-68(73)62-58-54-50-46-43-39-36-33-30-27-24-25-28-31-34-37-40-44-48-52-56-60-64-75-69(74)63-59-55-51-47-41-14-12-10-8-6-4-2/h10,12,57,61,66-67,71-72H,3-9,11,13-56,58-60,62-65H2,1-2H3,(H,70,73)/b12-10-,61-57+. The smallest absolute Gasteiger partial charge is 0.305 e. The molecule has 3 N–H and O–H groups in total. The normalized spacial score (nSPS) is 12.6. The van der Waals surface area contributed by atoms with Gasteiger partial charge in [-0.1, -0.05) is 340 Å². The highest BCUT2D eigenvalue weighted by Gasteiger charge is 2.18. The molecule has 6 nitrogen and oxygen atoms in total. The maximum atomic E-state index is 12.5. The van der Waals surface area contributed by atoms with Gasteiger partial charge in [0.05, 0.1) is 25.4 Å². The highest BCUT2D eigenvalue weighted by atomic mass is 16.5. The molecule has 0 aromatic heterocycles. The molecular weight excluding hydrogens is 923 g/mol. The van der Waals surface area contributed by atoms with Gasteiger partial charge in [-0.3, -0.25) is 9.59 Å². The zero-order valence-electron chi connectivity index (χ0n) is 50.8. The first kappa shape index (κ1) is 73.3. The van der Waals surface area contributed by atoms with Crippen LogP contribution < -0.4 is 5.32 Å². The van der Waals surface area contributed by atoms with Gasteiger partial charge >= 0.3 is 5.97 Å². The maximum absolute atomic E-state index is 12.5. The van der Waals surface area contributed by atoms with Crippen molar-refractivity contribution in [3.8, 4) is 0 Å². The highest BCUT2D eigenvalue weighted by Crippen LogP contribution is 2.19. The predicted octanol–water partition coefficient (Wildman–Crippen LogP) is 21.8. The number of amides is 1. The molecule has 0 bridgehead atoms. The van der Waals surface area contributed by atoms with E-state index in [1.54, 1.807) is 6.08 Å². The van der Waals surface area contributed by atoms with Crippen molar-refractivity contribution in [2.45, 2.75) is 392 Å². The van der Waals surface area contributed by atoms with Crippen molar-refractivity contribution >= 4 is 11.9 Å². The van der Waals surface area contributed by atoms with E-state index < -0.39 is 12.1 Å². The molecule has 0 saturated carbocycles. The lowest BCUT2D eigenvalue weighted by atomic mass is 10.0. The molecule has 0 saturated heterocycles. The molecule has 0 aliphatic carbocycles. The van der Waals surface area contributed by atoms with Gasteiger partial charge in [0.15, 0.2) is 0 Å². The second kappa shape index (κ2) is 64.9. The minimum absolute atomic E-state index is 0.00228. The summed E-state index contributed by atoms with van der Waals surface area (Å²) >= 11 is 0. The summed E-state index contributed by atoms with van der Waals surface area (Å²) in [6.07, 6.45) is 81.0. The quantitative estimate of drug-likeness (QED) is 0.0320. The van der Waals surface area contributed by atoms with Crippen LogP contribution in [-0.4, -0.2) is 47.4 Å². The molecule has 0 aliphatic rings. The monoisotopic (exact) mass is 1060 g/mol. The topological polar surface area (TPSA) is 95.9 Å². The van der Waals surface area contributed by atoms with Gasteiger partial charge in [0.1, 0.15) is 0 Å². The fourth-order valence-corrected chi connectivity index (χ4v) is 10.7. The van der Waals surface area contributed by atoms with Gasteiger partial charge in [0.25, 0.3) is 0 Å². The van der Waals surface area contributed by atoms with Crippen LogP contribution in [0.4, 0.5) is 0 Å². The number of esters is 1. The molecular formula is C69H133NO5. The number of nitrogens with one attached hydrogen (secondary N) is 1. The molecule has 1 amide bonds. The van der Waals surface area contributed by atoms with E-state index in [2.05, 4.69) is 31.3 Å². The first-order valence-corrected chi connectivity index (χ1v) is 34.1. The molecule has 0 fully saturated rings. The van der Waals surface area contributed by atoms with E-state index in [-0.39, 0.29) is 18.5 Å². The Labute approximate surface area is 469 Å². The van der Waals surface area contributed by atoms with E-state index in [0.29, 0.717) is 19.4 Å². The van der Waals surface area contributed by atoms with Crippen molar-refractivity contribution < 1.29 is 24.5 Å². The molecule has 2 atom stereocenters. The van der Waals surface area contributed by atoms with Gasteiger partial charge in [-0.2, -0.15) is 0 Å². The van der Waals surface area contributed by atoms with Crippen molar-refractivity contribution in [1.29, 1.82) is 0 Å². The Morgan fingerprint density at radius 3 is 0.987 bits per heavy atom. The van der Waals surface area contributed by atoms with Crippen LogP contribution in [0.5, 0.6) is 0 Å². The summed E-state index contributed by atoms with van der Waals surface area (Å²) in [4.78, 5) is 24.5. The van der Waals surface area contributed by atoms with Gasteiger partial charge in [0, 0.05) is 12.8 Å². The number of hydrogen-bond donors (Lipinski definition) is 3. The molecule has 0 rings (SSSR count). The van der Waals surface area contributed by atoms with Crippen molar-refractivity contribution in [1.82, 2.24) is 5.32 Å². The molecule has 75 heavy (non-hydrogen) atoms. The minimum Gasteiger partial charge on any atom is -0.466 e. The van der Waals surface area contributed by atoms with E-state index in [1.807, 2.05) is 6.08 Å². The van der Waals surface area contributed by atoms with Gasteiger partial charge in [0.2, 0.25) is 5.91 Å². The number of ether oxygens (including phenoxy) is 1. The van der Waals surface area contributed by atoms with Crippen LogP contribution in [0.15, 0.2) is 24.3 Å². The Morgan fingerprint density at radius 1 is 0.360 bits per heavy atom. The number of aliphatic hydroxyl groups is 2. The molecule has 6 heteroatoms. The van der Waals surface area contributed by atoms with Gasteiger partial charge < -0.3 is 20.3 Å². The summed E-state index contributed by atoms with van der Waals surface area (Å²) in [6, 6.07) is -0.629. The SMILES string of the molecule is CCCC/C=C\CCCCCCCC(=O)OCCCCCCCCCCCCCCCCCCCCCCCCC(=O)NC(CO)C(O)/C=C/CCCCCCCCCCCCCCCCCCCCCCCCC. The fourth-order valence-electron chi connectivity index (χ4n) is 10.7. The van der Waals surface area contributed by atoms with Crippen molar-refractivity contribution in [3.05, 3.63) is 24.3 Å². The predicted molar refractivity (Wildman–Crippen MR) is 329 cm³/mol. The van der Waals surface area contributed by atoms with E-state index in [4.69, 9.17) is 4.74 Å². The molecule has 0 spiro atoms. The van der Waals surface area contributed by atoms with E-state index >= 15 is 0 Å². The van der Waals surface area contributed by atoms with Gasteiger partial charge in [-0.25, -0.2) is 0 Å². The van der Waals surface area contributed by atoms with Crippen molar-refractivity contribution in [2.24, 2.45) is 0 Å². The lowest BCUT2D eigenvalue weighted by molar-refractivity contribution is -0.143. The summed E-state index contributed by atoms with van der Waals surface area (Å²) in [5, 5.41) is 23.3. The largest absolute Gasteiger partial charge is 0.466 e. The molecule has 0 radical (unpaired) electrons. The Kier molecular flexibility index (Phi) is 63.4. The Balaban J connectivity index is 3.42. The summed E-state index contributed by atoms with van der Waals surface area (Å²) in [6.45, 7) is 4.90. The number of allylic oxidation sites excluding steroid dienone is 3. The van der Waals surface area contributed by atoms with Crippen LogP contribution in [0.2, 0.25) is 0 Å². The third kappa shape index (κ3) is 61.4. The summed E-state index contributed by atoms with van der Waals surface area (Å²) in [5.41, 5.74) is 0. The number of aliphatic hydroxyl groups excluding tert-OH is 2. The molecule has 0 aromatic rings. The summed E-state index contributed by atoms with van der Waals surface area (Å²) in [5.74, 6) is -0.0616. The Morgan fingerprint density at radius 2 is 0.640 bits per heavy atom.